The molecule has 0 spiro atoms. The largest absolute Gasteiger partial charge is 0.394 e. The van der Waals surface area contributed by atoms with Crippen LogP contribution >= 0.6 is 0 Å². The minimum atomic E-state index is 0.496. The summed E-state index contributed by atoms with van der Waals surface area (Å²) in [6, 6.07) is 0.496. The zero-order chi connectivity index (χ0) is 11.0. The highest BCUT2D eigenvalue weighted by Crippen LogP contribution is 2.32. The molecule has 84 valence electrons. The predicted molar refractivity (Wildman–Crippen MR) is 62.8 cm³/mol. The number of nitrogens with one attached hydrogen (secondary N) is 1. The highest BCUT2D eigenvalue weighted by atomic mass is 15.3. The third-order valence-electron chi connectivity index (χ3n) is 3.49. The van der Waals surface area contributed by atoms with Gasteiger partial charge in [0.2, 0.25) is 0 Å². The molecule has 1 saturated carbocycles. The van der Waals surface area contributed by atoms with E-state index in [2.05, 4.69) is 17.3 Å². The van der Waals surface area contributed by atoms with Gasteiger partial charge in [-0.05, 0) is 32.6 Å². The summed E-state index contributed by atoms with van der Waals surface area (Å²) in [6.45, 7) is 4.17. The summed E-state index contributed by atoms with van der Waals surface area (Å²) in [5, 5.41) is 7.77. The Morgan fingerprint density at radius 2 is 2.20 bits per heavy atom. The number of aromatic nitrogens is 2. The Labute approximate surface area is 90.8 Å². The molecule has 1 unspecified atom stereocenters. The van der Waals surface area contributed by atoms with E-state index in [-0.39, 0.29) is 0 Å². The van der Waals surface area contributed by atoms with Gasteiger partial charge in [0, 0.05) is 13.1 Å². The number of aryl methyl sites for hydroxylation is 2. The van der Waals surface area contributed by atoms with Crippen LogP contribution in [0.1, 0.15) is 31.9 Å². The lowest BCUT2D eigenvalue weighted by molar-refractivity contribution is 0.284. The molecule has 0 radical (unpaired) electrons. The second-order valence-corrected chi connectivity index (χ2v) is 4.60. The van der Waals surface area contributed by atoms with Crippen molar-refractivity contribution in [2.75, 3.05) is 11.1 Å². The first-order chi connectivity index (χ1) is 7.09. The fourth-order valence-electron chi connectivity index (χ4n) is 2.12. The SMILES string of the molecule is Cc1nn(C)c(NC(C)C2CCC2)c1N. The summed E-state index contributed by atoms with van der Waals surface area (Å²) in [4.78, 5) is 0. The minimum Gasteiger partial charge on any atom is -0.394 e. The molecule has 1 aromatic heterocycles. The van der Waals surface area contributed by atoms with Gasteiger partial charge in [0.15, 0.2) is 0 Å². The van der Waals surface area contributed by atoms with Crippen LogP contribution in [0.25, 0.3) is 0 Å². The molecule has 1 heterocycles. The molecular formula is C11H20N4. The standard InChI is InChI=1S/C11H20N4/c1-7(9-5-4-6-9)13-11-10(12)8(2)14-15(11)3/h7,9,13H,4-6,12H2,1-3H3. The molecule has 4 nitrogen and oxygen atoms in total. The Bertz CT molecular complexity index is 352. The van der Waals surface area contributed by atoms with Crippen LogP contribution in [0.3, 0.4) is 0 Å². The molecular weight excluding hydrogens is 188 g/mol. The molecule has 4 heteroatoms. The van der Waals surface area contributed by atoms with E-state index in [1.165, 1.54) is 19.3 Å². The van der Waals surface area contributed by atoms with Crippen molar-refractivity contribution in [3.8, 4) is 0 Å². The van der Waals surface area contributed by atoms with Crippen LogP contribution in [0.15, 0.2) is 0 Å². The van der Waals surface area contributed by atoms with Crippen LogP contribution in [0.5, 0.6) is 0 Å². The molecule has 15 heavy (non-hydrogen) atoms. The van der Waals surface area contributed by atoms with Gasteiger partial charge < -0.3 is 11.1 Å². The van der Waals surface area contributed by atoms with Crippen LogP contribution in [0.4, 0.5) is 11.5 Å². The molecule has 0 bridgehead atoms. The topological polar surface area (TPSA) is 55.9 Å². The third kappa shape index (κ3) is 1.80. The van der Waals surface area contributed by atoms with Crippen molar-refractivity contribution in [2.45, 2.75) is 39.2 Å². The molecule has 0 amide bonds. The van der Waals surface area contributed by atoms with Gasteiger partial charge in [-0.25, -0.2) is 0 Å². The van der Waals surface area contributed by atoms with Gasteiger partial charge in [-0.1, -0.05) is 6.42 Å². The van der Waals surface area contributed by atoms with Gasteiger partial charge in [0.05, 0.1) is 11.4 Å². The molecule has 1 atom stereocenters. The summed E-state index contributed by atoms with van der Waals surface area (Å²) in [5.74, 6) is 1.77. The van der Waals surface area contributed by atoms with E-state index in [0.717, 1.165) is 23.1 Å². The zero-order valence-corrected chi connectivity index (χ0v) is 9.75. The number of anilines is 2. The summed E-state index contributed by atoms with van der Waals surface area (Å²) in [6.07, 6.45) is 4.05. The first-order valence-corrected chi connectivity index (χ1v) is 5.65. The first kappa shape index (κ1) is 10.3. The molecule has 2 rings (SSSR count). The van der Waals surface area contributed by atoms with Gasteiger partial charge in [-0.15, -0.1) is 0 Å². The van der Waals surface area contributed by atoms with E-state index in [1.54, 1.807) is 0 Å². The quantitative estimate of drug-likeness (QED) is 0.797. The van der Waals surface area contributed by atoms with Crippen LogP contribution in [-0.4, -0.2) is 15.8 Å². The fraction of sp³-hybridized carbons (Fsp3) is 0.727. The van der Waals surface area contributed by atoms with Gasteiger partial charge in [0.1, 0.15) is 5.82 Å². The average molecular weight is 208 g/mol. The predicted octanol–water partition coefficient (Wildman–Crippen LogP) is 1.91. The molecule has 1 fully saturated rings. The molecule has 1 aromatic rings. The number of hydrogen-bond acceptors (Lipinski definition) is 3. The maximum absolute atomic E-state index is 5.97. The van der Waals surface area contributed by atoms with Crippen molar-refractivity contribution in [2.24, 2.45) is 13.0 Å². The Morgan fingerprint density at radius 3 is 2.60 bits per heavy atom. The van der Waals surface area contributed by atoms with Crippen LogP contribution in [-0.2, 0) is 7.05 Å². The fourth-order valence-corrected chi connectivity index (χ4v) is 2.12. The normalized spacial score (nSPS) is 18.6. The maximum atomic E-state index is 5.97. The van der Waals surface area contributed by atoms with E-state index in [0.29, 0.717) is 6.04 Å². The van der Waals surface area contributed by atoms with Crippen molar-refractivity contribution in [1.82, 2.24) is 9.78 Å². The second kappa shape index (κ2) is 3.76. The molecule has 3 N–H and O–H groups in total. The third-order valence-corrected chi connectivity index (χ3v) is 3.49. The molecule has 0 aliphatic heterocycles. The van der Waals surface area contributed by atoms with Crippen molar-refractivity contribution in [1.29, 1.82) is 0 Å². The first-order valence-electron chi connectivity index (χ1n) is 5.65. The summed E-state index contributed by atoms with van der Waals surface area (Å²) < 4.78 is 1.83. The Balaban J connectivity index is 2.09. The van der Waals surface area contributed by atoms with E-state index in [9.17, 15) is 0 Å². The van der Waals surface area contributed by atoms with E-state index in [4.69, 9.17) is 5.73 Å². The van der Waals surface area contributed by atoms with Gasteiger partial charge in [-0.3, -0.25) is 4.68 Å². The Morgan fingerprint density at radius 1 is 1.53 bits per heavy atom. The second-order valence-electron chi connectivity index (χ2n) is 4.60. The van der Waals surface area contributed by atoms with E-state index < -0.39 is 0 Å². The lowest BCUT2D eigenvalue weighted by Crippen LogP contribution is -2.31. The Kier molecular flexibility index (Phi) is 2.59. The maximum Gasteiger partial charge on any atom is 0.147 e. The summed E-state index contributed by atoms with van der Waals surface area (Å²) >= 11 is 0. The van der Waals surface area contributed by atoms with Crippen molar-refractivity contribution >= 4 is 11.5 Å². The Hall–Kier alpha value is -1.19. The number of nitrogens with zero attached hydrogens (tertiary/aromatic N) is 2. The molecule has 0 saturated heterocycles. The van der Waals surface area contributed by atoms with Crippen LogP contribution in [0.2, 0.25) is 0 Å². The lowest BCUT2D eigenvalue weighted by Gasteiger charge is -2.32. The number of rotatable bonds is 3. The molecule has 0 aromatic carbocycles. The summed E-state index contributed by atoms with van der Waals surface area (Å²) in [5.41, 5.74) is 7.65. The number of nitrogens with two attached hydrogens (primary N) is 1. The van der Waals surface area contributed by atoms with Crippen LogP contribution < -0.4 is 11.1 Å². The van der Waals surface area contributed by atoms with Gasteiger partial charge in [0.25, 0.3) is 0 Å². The number of hydrogen-bond donors (Lipinski definition) is 2. The van der Waals surface area contributed by atoms with Crippen LogP contribution in [0, 0.1) is 12.8 Å². The minimum absolute atomic E-state index is 0.496. The monoisotopic (exact) mass is 208 g/mol. The van der Waals surface area contributed by atoms with Crippen molar-refractivity contribution in [3.63, 3.8) is 0 Å². The van der Waals surface area contributed by atoms with Crippen molar-refractivity contribution in [3.05, 3.63) is 5.69 Å². The van der Waals surface area contributed by atoms with Crippen molar-refractivity contribution < 1.29 is 0 Å². The molecule has 1 aliphatic rings. The smallest absolute Gasteiger partial charge is 0.147 e. The van der Waals surface area contributed by atoms with Gasteiger partial charge >= 0.3 is 0 Å². The van der Waals surface area contributed by atoms with E-state index >= 15 is 0 Å². The van der Waals surface area contributed by atoms with E-state index in [1.807, 2.05) is 18.7 Å². The lowest BCUT2D eigenvalue weighted by atomic mass is 9.80. The molecule has 1 aliphatic carbocycles. The zero-order valence-electron chi connectivity index (χ0n) is 9.75. The number of nitrogen functional groups attached to an aromatic ring is 1. The van der Waals surface area contributed by atoms with Gasteiger partial charge in [-0.2, -0.15) is 5.10 Å². The average Bonchev–Trinajstić information content (AvgIpc) is 2.29. The highest BCUT2D eigenvalue weighted by Gasteiger charge is 2.25. The highest BCUT2D eigenvalue weighted by molar-refractivity contribution is 5.64. The summed E-state index contributed by atoms with van der Waals surface area (Å²) in [7, 11) is 1.93.